The number of rotatable bonds is 6. The first-order valence-electron chi connectivity index (χ1n) is 7.27. The minimum absolute atomic E-state index is 0.0532. The molecule has 0 spiro atoms. The maximum atomic E-state index is 12.6. The maximum Gasteiger partial charge on any atom is 0.255 e. The Morgan fingerprint density at radius 2 is 1.95 bits per heavy atom. The minimum atomic E-state index is -0.110. The van der Waals surface area contributed by atoms with E-state index in [4.69, 9.17) is 10.8 Å². The zero-order chi connectivity index (χ0) is 15.9. The average Bonchev–Trinajstić information content (AvgIpc) is 2.53. The highest BCUT2D eigenvalue weighted by Crippen LogP contribution is 2.12. The molecule has 0 saturated heterocycles. The molecule has 0 fully saturated rings. The third-order valence-electron chi connectivity index (χ3n) is 3.40. The van der Waals surface area contributed by atoms with Crippen molar-refractivity contribution < 1.29 is 9.90 Å². The second kappa shape index (κ2) is 7.56. The molecule has 1 aromatic heterocycles. The predicted octanol–water partition coefficient (Wildman–Crippen LogP) is 2.00. The van der Waals surface area contributed by atoms with Crippen LogP contribution in [0.5, 0.6) is 0 Å². The van der Waals surface area contributed by atoms with Gasteiger partial charge in [-0.15, -0.1) is 0 Å². The summed E-state index contributed by atoms with van der Waals surface area (Å²) in [4.78, 5) is 18.3. The van der Waals surface area contributed by atoms with Crippen molar-refractivity contribution in [2.75, 3.05) is 18.9 Å². The first-order chi connectivity index (χ1) is 10.6. The van der Waals surface area contributed by atoms with E-state index >= 15 is 0 Å². The molecule has 1 heterocycles. The Kier molecular flexibility index (Phi) is 5.49. The van der Waals surface area contributed by atoms with Crippen LogP contribution in [0.4, 0.5) is 5.82 Å². The van der Waals surface area contributed by atoms with Gasteiger partial charge in [0, 0.05) is 25.9 Å². The molecule has 0 saturated carbocycles. The largest absolute Gasteiger partial charge is 0.396 e. The van der Waals surface area contributed by atoms with E-state index in [1.165, 1.54) is 11.8 Å². The molecule has 5 heteroatoms. The molecule has 0 atom stereocenters. The Morgan fingerprint density at radius 3 is 2.55 bits per heavy atom. The van der Waals surface area contributed by atoms with Crippen LogP contribution in [0, 0.1) is 6.92 Å². The molecule has 0 aliphatic heterocycles. The number of hydrogen-bond donors (Lipinski definition) is 2. The zero-order valence-electron chi connectivity index (χ0n) is 12.7. The summed E-state index contributed by atoms with van der Waals surface area (Å²) >= 11 is 0. The first-order valence-corrected chi connectivity index (χ1v) is 7.27. The van der Waals surface area contributed by atoms with Gasteiger partial charge in [-0.25, -0.2) is 4.98 Å². The number of nitrogen functional groups attached to an aromatic ring is 1. The van der Waals surface area contributed by atoms with Crippen LogP contribution < -0.4 is 5.73 Å². The van der Waals surface area contributed by atoms with Gasteiger partial charge in [-0.05, 0) is 31.0 Å². The number of pyridine rings is 1. The smallest absolute Gasteiger partial charge is 0.255 e. The third-order valence-corrected chi connectivity index (χ3v) is 3.40. The normalized spacial score (nSPS) is 10.5. The molecule has 0 radical (unpaired) electrons. The molecule has 0 aliphatic carbocycles. The Morgan fingerprint density at radius 1 is 1.23 bits per heavy atom. The topological polar surface area (TPSA) is 79.5 Å². The number of nitrogens with two attached hydrogens (primary N) is 1. The summed E-state index contributed by atoms with van der Waals surface area (Å²) in [7, 11) is 0. The van der Waals surface area contributed by atoms with Crippen LogP contribution >= 0.6 is 0 Å². The number of hydrogen-bond acceptors (Lipinski definition) is 4. The van der Waals surface area contributed by atoms with E-state index in [-0.39, 0.29) is 12.5 Å². The van der Waals surface area contributed by atoms with Crippen molar-refractivity contribution in [2.45, 2.75) is 19.9 Å². The second-order valence-corrected chi connectivity index (χ2v) is 5.26. The quantitative estimate of drug-likeness (QED) is 0.855. The van der Waals surface area contributed by atoms with E-state index in [9.17, 15) is 4.79 Å². The molecule has 1 aromatic carbocycles. The first kappa shape index (κ1) is 16.0. The highest BCUT2D eigenvalue weighted by molar-refractivity contribution is 5.94. The fourth-order valence-electron chi connectivity index (χ4n) is 2.14. The van der Waals surface area contributed by atoms with Gasteiger partial charge in [0.15, 0.2) is 0 Å². The fourth-order valence-corrected chi connectivity index (χ4v) is 2.14. The van der Waals surface area contributed by atoms with Crippen LogP contribution in [0.1, 0.15) is 27.9 Å². The summed E-state index contributed by atoms with van der Waals surface area (Å²) in [6.45, 7) is 3.08. The van der Waals surface area contributed by atoms with Gasteiger partial charge in [0.05, 0.1) is 5.56 Å². The molecular weight excluding hydrogens is 278 g/mol. The van der Waals surface area contributed by atoms with Crippen molar-refractivity contribution in [3.63, 3.8) is 0 Å². The van der Waals surface area contributed by atoms with Crippen LogP contribution in [0.3, 0.4) is 0 Å². The van der Waals surface area contributed by atoms with E-state index < -0.39 is 0 Å². The summed E-state index contributed by atoms with van der Waals surface area (Å²) in [5.74, 6) is 0.276. The molecule has 3 N–H and O–H groups in total. The monoisotopic (exact) mass is 299 g/mol. The van der Waals surface area contributed by atoms with Gasteiger partial charge in [-0.3, -0.25) is 4.79 Å². The van der Waals surface area contributed by atoms with E-state index in [1.807, 2.05) is 31.2 Å². The molecule has 0 unspecified atom stereocenters. The lowest BCUT2D eigenvalue weighted by Gasteiger charge is -2.22. The van der Waals surface area contributed by atoms with Gasteiger partial charge >= 0.3 is 0 Å². The number of amides is 1. The Hall–Kier alpha value is -2.40. The molecule has 2 aromatic rings. The SMILES string of the molecule is Cc1ccc(CN(CCCO)C(=O)c2ccc(N)nc2)cc1. The highest BCUT2D eigenvalue weighted by Gasteiger charge is 2.16. The Balaban J connectivity index is 2.15. The number of benzene rings is 1. The van der Waals surface area contributed by atoms with E-state index in [2.05, 4.69) is 4.98 Å². The molecule has 0 bridgehead atoms. The fraction of sp³-hybridized carbons (Fsp3) is 0.294. The van der Waals surface area contributed by atoms with Crippen LogP contribution in [0.25, 0.3) is 0 Å². The zero-order valence-corrected chi connectivity index (χ0v) is 12.7. The molecule has 5 nitrogen and oxygen atoms in total. The number of carbonyl (C=O) groups excluding carboxylic acids is 1. The maximum absolute atomic E-state index is 12.6. The lowest BCUT2D eigenvalue weighted by Crippen LogP contribution is -2.32. The van der Waals surface area contributed by atoms with Crippen LogP contribution in [-0.4, -0.2) is 34.0 Å². The Bertz CT molecular complexity index is 609. The van der Waals surface area contributed by atoms with E-state index in [0.29, 0.717) is 30.9 Å². The van der Waals surface area contributed by atoms with Gasteiger partial charge < -0.3 is 15.7 Å². The number of nitrogens with zero attached hydrogens (tertiary/aromatic N) is 2. The van der Waals surface area contributed by atoms with Crippen LogP contribution in [0.15, 0.2) is 42.6 Å². The molecule has 0 aliphatic rings. The molecular formula is C17H21N3O2. The number of anilines is 1. The summed E-state index contributed by atoms with van der Waals surface area (Å²) in [6.07, 6.45) is 2.03. The summed E-state index contributed by atoms with van der Waals surface area (Å²) in [6, 6.07) is 11.4. The van der Waals surface area contributed by atoms with Gasteiger partial charge in [0.25, 0.3) is 5.91 Å². The van der Waals surface area contributed by atoms with Crippen molar-refractivity contribution >= 4 is 11.7 Å². The predicted molar refractivity (Wildman–Crippen MR) is 86.3 cm³/mol. The highest BCUT2D eigenvalue weighted by atomic mass is 16.3. The summed E-state index contributed by atoms with van der Waals surface area (Å²) in [5, 5.41) is 9.04. The van der Waals surface area contributed by atoms with Crippen LogP contribution in [-0.2, 0) is 6.54 Å². The van der Waals surface area contributed by atoms with Crippen molar-refractivity contribution in [3.05, 3.63) is 59.3 Å². The van der Waals surface area contributed by atoms with Crippen molar-refractivity contribution in [1.82, 2.24) is 9.88 Å². The lowest BCUT2D eigenvalue weighted by molar-refractivity contribution is 0.0731. The molecule has 2 rings (SSSR count). The number of aliphatic hydroxyl groups excluding tert-OH is 1. The molecule has 1 amide bonds. The van der Waals surface area contributed by atoms with E-state index in [0.717, 1.165) is 5.56 Å². The van der Waals surface area contributed by atoms with Crippen molar-refractivity contribution in [2.24, 2.45) is 0 Å². The molecule has 116 valence electrons. The average molecular weight is 299 g/mol. The van der Waals surface area contributed by atoms with Gasteiger partial charge in [-0.1, -0.05) is 29.8 Å². The second-order valence-electron chi connectivity index (χ2n) is 5.26. The summed E-state index contributed by atoms with van der Waals surface area (Å²) in [5.41, 5.74) is 8.29. The third kappa shape index (κ3) is 4.30. The van der Waals surface area contributed by atoms with Crippen molar-refractivity contribution in [3.8, 4) is 0 Å². The van der Waals surface area contributed by atoms with Crippen LogP contribution in [0.2, 0.25) is 0 Å². The number of aromatic nitrogens is 1. The summed E-state index contributed by atoms with van der Waals surface area (Å²) < 4.78 is 0. The van der Waals surface area contributed by atoms with Crippen molar-refractivity contribution in [1.29, 1.82) is 0 Å². The standard InChI is InChI=1S/C17H21N3O2/c1-13-3-5-14(6-4-13)12-20(9-2-10-21)17(22)15-7-8-16(18)19-11-15/h3-8,11,21H,2,9-10,12H2,1H3,(H2,18,19). The number of carbonyl (C=O) groups is 1. The lowest BCUT2D eigenvalue weighted by atomic mass is 10.1. The number of aliphatic hydroxyl groups is 1. The van der Waals surface area contributed by atoms with E-state index in [1.54, 1.807) is 17.0 Å². The van der Waals surface area contributed by atoms with Gasteiger partial charge in [0.1, 0.15) is 5.82 Å². The van der Waals surface area contributed by atoms with Gasteiger partial charge in [-0.2, -0.15) is 0 Å². The molecule has 22 heavy (non-hydrogen) atoms. The number of aryl methyl sites for hydroxylation is 1. The Labute approximate surface area is 130 Å². The van der Waals surface area contributed by atoms with Gasteiger partial charge in [0.2, 0.25) is 0 Å². The minimum Gasteiger partial charge on any atom is -0.396 e.